The molecule has 0 aromatic heterocycles. The molecule has 2 heterocycles. The van der Waals surface area contributed by atoms with Crippen LogP contribution in [0.15, 0.2) is 18.2 Å². The molecular formula is C23H34N2O5. The van der Waals surface area contributed by atoms with E-state index in [9.17, 15) is 9.59 Å². The number of methoxy groups -OCH3 is 1. The number of carbonyl (C=O) groups excluding carboxylic acids is 2. The van der Waals surface area contributed by atoms with Gasteiger partial charge in [0.25, 0.3) is 5.91 Å². The normalized spacial score (nSPS) is 20.0. The first-order chi connectivity index (χ1) is 14.5. The lowest BCUT2D eigenvalue weighted by atomic mass is 10.1. The van der Waals surface area contributed by atoms with Crippen LogP contribution in [0.1, 0.15) is 55.8 Å². The minimum Gasteiger partial charge on any atom is -0.493 e. The fourth-order valence-electron chi connectivity index (χ4n) is 4.06. The van der Waals surface area contributed by atoms with Crippen molar-refractivity contribution in [2.45, 2.75) is 57.7 Å². The Balaban J connectivity index is 1.60. The number of benzene rings is 1. The van der Waals surface area contributed by atoms with Crippen LogP contribution >= 0.6 is 0 Å². The number of piperidine rings is 1. The number of hydrogen-bond acceptors (Lipinski definition) is 5. The van der Waals surface area contributed by atoms with E-state index in [1.54, 1.807) is 37.1 Å². The Morgan fingerprint density at radius 3 is 2.57 bits per heavy atom. The predicted octanol–water partition coefficient (Wildman–Crippen LogP) is 3.12. The van der Waals surface area contributed by atoms with Gasteiger partial charge in [-0.15, -0.1) is 0 Å². The van der Waals surface area contributed by atoms with Gasteiger partial charge in [0, 0.05) is 58.6 Å². The van der Waals surface area contributed by atoms with Gasteiger partial charge in [-0.05, 0) is 43.9 Å². The van der Waals surface area contributed by atoms with E-state index in [-0.39, 0.29) is 24.0 Å². The van der Waals surface area contributed by atoms with Crippen LogP contribution in [0, 0.1) is 0 Å². The van der Waals surface area contributed by atoms with Crippen molar-refractivity contribution in [1.29, 1.82) is 0 Å². The van der Waals surface area contributed by atoms with Crippen LogP contribution in [-0.4, -0.2) is 74.2 Å². The molecule has 0 spiro atoms. The summed E-state index contributed by atoms with van der Waals surface area (Å²) in [6.07, 6.45) is 6.05. The Morgan fingerprint density at radius 1 is 1.17 bits per heavy atom. The van der Waals surface area contributed by atoms with Crippen molar-refractivity contribution in [3.63, 3.8) is 0 Å². The van der Waals surface area contributed by atoms with Crippen molar-refractivity contribution in [2.24, 2.45) is 0 Å². The highest BCUT2D eigenvalue weighted by atomic mass is 16.5. The van der Waals surface area contributed by atoms with E-state index >= 15 is 0 Å². The van der Waals surface area contributed by atoms with Crippen LogP contribution in [0.4, 0.5) is 0 Å². The third-order valence-electron chi connectivity index (χ3n) is 6.00. The molecule has 2 amide bonds. The molecule has 0 aliphatic carbocycles. The smallest absolute Gasteiger partial charge is 0.253 e. The molecule has 2 aliphatic rings. The molecule has 30 heavy (non-hydrogen) atoms. The number of likely N-dealkylation sites (tertiary alicyclic amines) is 1. The van der Waals surface area contributed by atoms with Gasteiger partial charge in [0.1, 0.15) is 6.10 Å². The van der Waals surface area contributed by atoms with Gasteiger partial charge in [-0.2, -0.15) is 0 Å². The standard InChI is InChI=1S/C23H34N2O5/c1-17(26)25-13-10-20(11-14-25)30-22-16-18(7-8-21(22)28-3)23(27)24(2)12-9-19-6-4-5-15-29-19/h7-8,16,19-20H,4-6,9-15H2,1-3H3/t19-/m1/s1. The minimum atomic E-state index is -0.0373. The zero-order valence-electron chi connectivity index (χ0n) is 18.4. The molecular weight excluding hydrogens is 384 g/mol. The molecule has 0 bridgehead atoms. The van der Waals surface area contributed by atoms with Crippen molar-refractivity contribution >= 4 is 11.8 Å². The highest BCUT2D eigenvalue weighted by Crippen LogP contribution is 2.31. The molecule has 2 aliphatic heterocycles. The maximum Gasteiger partial charge on any atom is 0.253 e. The van der Waals surface area contributed by atoms with Gasteiger partial charge in [0.2, 0.25) is 5.91 Å². The molecule has 1 aromatic carbocycles. The lowest BCUT2D eigenvalue weighted by Crippen LogP contribution is -2.40. The van der Waals surface area contributed by atoms with Crippen LogP contribution in [0.25, 0.3) is 0 Å². The van der Waals surface area contributed by atoms with Crippen molar-refractivity contribution in [3.05, 3.63) is 23.8 Å². The number of carbonyl (C=O) groups is 2. The van der Waals surface area contributed by atoms with E-state index in [1.165, 1.54) is 6.42 Å². The first-order valence-corrected chi connectivity index (χ1v) is 10.9. The SMILES string of the molecule is COc1ccc(C(=O)N(C)CC[C@H]2CCCCO2)cc1OC1CCN(C(C)=O)CC1. The summed E-state index contributed by atoms with van der Waals surface area (Å²) in [4.78, 5) is 28.0. The third kappa shape index (κ3) is 5.88. The van der Waals surface area contributed by atoms with Crippen LogP contribution in [0.2, 0.25) is 0 Å². The summed E-state index contributed by atoms with van der Waals surface area (Å²) in [5, 5.41) is 0. The van der Waals surface area contributed by atoms with E-state index in [0.717, 1.165) is 38.7 Å². The molecule has 1 aromatic rings. The van der Waals surface area contributed by atoms with Crippen molar-refractivity contribution in [2.75, 3.05) is 40.4 Å². The second-order valence-electron chi connectivity index (χ2n) is 8.19. The van der Waals surface area contributed by atoms with Crippen molar-refractivity contribution in [3.8, 4) is 11.5 Å². The molecule has 1 atom stereocenters. The van der Waals surface area contributed by atoms with E-state index in [1.807, 2.05) is 11.9 Å². The summed E-state index contributed by atoms with van der Waals surface area (Å²) in [5.41, 5.74) is 0.582. The average Bonchev–Trinajstić information content (AvgIpc) is 2.78. The molecule has 0 saturated carbocycles. The first kappa shape index (κ1) is 22.4. The van der Waals surface area contributed by atoms with Gasteiger partial charge in [-0.1, -0.05) is 0 Å². The summed E-state index contributed by atoms with van der Waals surface area (Å²) in [5.74, 6) is 1.25. The molecule has 3 rings (SSSR count). The molecule has 0 radical (unpaired) electrons. The lowest BCUT2D eigenvalue weighted by Gasteiger charge is -2.31. The topological polar surface area (TPSA) is 68.3 Å². The fraction of sp³-hybridized carbons (Fsp3) is 0.652. The summed E-state index contributed by atoms with van der Waals surface area (Å²) >= 11 is 0. The van der Waals surface area contributed by atoms with E-state index < -0.39 is 0 Å². The second kappa shape index (κ2) is 10.7. The zero-order valence-corrected chi connectivity index (χ0v) is 18.4. The highest BCUT2D eigenvalue weighted by molar-refractivity contribution is 5.94. The van der Waals surface area contributed by atoms with Gasteiger partial charge in [0.15, 0.2) is 11.5 Å². The van der Waals surface area contributed by atoms with Gasteiger partial charge in [0.05, 0.1) is 13.2 Å². The largest absolute Gasteiger partial charge is 0.493 e. The lowest BCUT2D eigenvalue weighted by molar-refractivity contribution is -0.130. The van der Waals surface area contributed by atoms with Crippen molar-refractivity contribution in [1.82, 2.24) is 9.80 Å². The van der Waals surface area contributed by atoms with E-state index in [0.29, 0.717) is 36.7 Å². The number of nitrogens with zero attached hydrogens (tertiary/aromatic N) is 2. The number of hydrogen-bond donors (Lipinski definition) is 0. The fourth-order valence-corrected chi connectivity index (χ4v) is 4.06. The quantitative estimate of drug-likeness (QED) is 0.681. The first-order valence-electron chi connectivity index (χ1n) is 10.9. The van der Waals surface area contributed by atoms with E-state index in [4.69, 9.17) is 14.2 Å². The number of amides is 2. The van der Waals surface area contributed by atoms with Crippen molar-refractivity contribution < 1.29 is 23.8 Å². The average molecular weight is 419 g/mol. The summed E-state index contributed by atoms with van der Waals surface area (Å²) in [7, 11) is 3.42. The Hall–Kier alpha value is -2.28. The van der Waals surface area contributed by atoms with Gasteiger partial charge < -0.3 is 24.0 Å². The summed E-state index contributed by atoms with van der Waals surface area (Å²) < 4.78 is 17.4. The summed E-state index contributed by atoms with van der Waals surface area (Å²) in [6.45, 7) is 4.46. The molecule has 2 saturated heterocycles. The maximum absolute atomic E-state index is 12.9. The Bertz CT molecular complexity index is 724. The molecule has 0 N–H and O–H groups in total. The Morgan fingerprint density at radius 2 is 1.93 bits per heavy atom. The number of ether oxygens (including phenoxy) is 3. The van der Waals surface area contributed by atoms with Gasteiger partial charge in [-0.3, -0.25) is 9.59 Å². The highest BCUT2D eigenvalue weighted by Gasteiger charge is 2.24. The molecule has 166 valence electrons. The number of rotatable bonds is 7. The van der Waals surface area contributed by atoms with Gasteiger partial charge in [-0.25, -0.2) is 0 Å². The van der Waals surface area contributed by atoms with Gasteiger partial charge >= 0.3 is 0 Å². The Kier molecular flexibility index (Phi) is 7.96. The zero-order chi connectivity index (χ0) is 21.5. The van der Waals surface area contributed by atoms with Crippen LogP contribution < -0.4 is 9.47 Å². The Labute approximate surface area is 179 Å². The van der Waals surface area contributed by atoms with Crippen LogP contribution in [-0.2, 0) is 9.53 Å². The molecule has 2 fully saturated rings. The second-order valence-corrected chi connectivity index (χ2v) is 8.19. The summed E-state index contributed by atoms with van der Waals surface area (Å²) in [6, 6.07) is 5.33. The molecule has 0 unspecified atom stereocenters. The van der Waals surface area contributed by atoms with Crippen LogP contribution in [0.5, 0.6) is 11.5 Å². The van der Waals surface area contributed by atoms with E-state index in [2.05, 4.69) is 0 Å². The van der Waals surface area contributed by atoms with Crippen LogP contribution in [0.3, 0.4) is 0 Å². The predicted molar refractivity (Wildman–Crippen MR) is 114 cm³/mol. The maximum atomic E-state index is 12.9. The minimum absolute atomic E-state index is 0.000955. The third-order valence-corrected chi connectivity index (χ3v) is 6.00. The monoisotopic (exact) mass is 418 g/mol. The molecule has 7 heteroatoms. The molecule has 7 nitrogen and oxygen atoms in total.